The summed E-state index contributed by atoms with van der Waals surface area (Å²) in [6, 6.07) is 8.45. The van der Waals surface area contributed by atoms with Crippen molar-refractivity contribution >= 4 is 26.0 Å². The molecule has 0 aliphatic rings. The third-order valence-electron chi connectivity index (χ3n) is 2.40. The summed E-state index contributed by atoms with van der Waals surface area (Å²) in [6.45, 7) is 0.197. The lowest BCUT2D eigenvalue weighted by Crippen LogP contribution is -2.23. The highest BCUT2D eigenvalue weighted by Gasteiger charge is 2.13. The van der Waals surface area contributed by atoms with E-state index in [0.717, 1.165) is 11.3 Å². The summed E-state index contributed by atoms with van der Waals surface area (Å²) in [4.78, 5) is 0.256. The highest BCUT2D eigenvalue weighted by atomic mass is 79.9. The number of H-pyrrole nitrogens is 1. The standard InChI is InChI=1S/C11H12BrN3O2S/c12-7-9-1-3-11(4-2-9)18(16,17)14-8-10-5-6-13-15-10/h1-6,14H,7-8H2,(H,13,15). The zero-order valence-corrected chi connectivity index (χ0v) is 11.8. The van der Waals surface area contributed by atoms with Crippen LogP contribution in [0.15, 0.2) is 41.4 Å². The van der Waals surface area contributed by atoms with Gasteiger partial charge in [0.05, 0.1) is 17.1 Å². The molecule has 0 bridgehead atoms. The zero-order chi connectivity index (χ0) is 13.0. The van der Waals surface area contributed by atoms with E-state index in [1.54, 1.807) is 36.5 Å². The number of alkyl halides is 1. The molecule has 0 atom stereocenters. The average molecular weight is 330 g/mol. The molecule has 1 heterocycles. The van der Waals surface area contributed by atoms with Gasteiger partial charge in [0.1, 0.15) is 0 Å². The van der Waals surface area contributed by atoms with Crippen molar-refractivity contribution in [2.24, 2.45) is 0 Å². The monoisotopic (exact) mass is 329 g/mol. The van der Waals surface area contributed by atoms with E-state index in [1.807, 2.05) is 0 Å². The summed E-state index contributed by atoms with van der Waals surface area (Å²) in [5, 5.41) is 7.15. The van der Waals surface area contributed by atoms with Gasteiger partial charge in [-0.1, -0.05) is 28.1 Å². The normalized spacial score (nSPS) is 11.6. The van der Waals surface area contributed by atoms with Gasteiger partial charge < -0.3 is 0 Å². The van der Waals surface area contributed by atoms with Crippen LogP contribution in [0.2, 0.25) is 0 Å². The highest BCUT2D eigenvalue weighted by Crippen LogP contribution is 2.12. The topological polar surface area (TPSA) is 74.8 Å². The van der Waals surface area contributed by atoms with Crippen LogP contribution in [0.4, 0.5) is 0 Å². The first-order chi connectivity index (χ1) is 8.62. The van der Waals surface area contributed by atoms with Crippen LogP contribution in [0.3, 0.4) is 0 Å². The first-order valence-corrected chi connectivity index (χ1v) is 7.85. The Bertz CT molecular complexity index is 594. The minimum Gasteiger partial charge on any atom is -0.281 e. The van der Waals surface area contributed by atoms with E-state index in [9.17, 15) is 8.42 Å². The Kier molecular flexibility index (Phi) is 4.15. The lowest BCUT2D eigenvalue weighted by atomic mass is 10.2. The number of hydrogen-bond donors (Lipinski definition) is 2. The van der Waals surface area contributed by atoms with Gasteiger partial charge in [0.15, 0.2) is 0 Å². The summed E-state index contributed by atoms with van der Waals surface area (Å²) < 4.78 is 26.4. The van der Waals surface area contributed by atoms with E-state index in [4.69, 9.17) is 0 Å². The zero-order valence-electron chi connectivity index (χ0n) is 9.43. The first kappa shape index (κ1) is 13.3. The molecule has 0 spiro atoms. The van der Waals surface area contributed by atoms with E-state index >= 15 is 0 Å². The highest BCUT2D eigenvalue weighted by molar-refractivity contribution is 9.08. The molecular formula is C11H12BrN3O2S. The largest absolute Gasteiger partial charge is 0.281 e. The molecule has 96 valence electrons. The number of sulfonamides is 1. The Morgan fingerprint density at radius 2 is 1.94 bits per heavy atom. The Hall–Kier alpha value is -1.18. The van der Waals surface area contributed by atoms with Crippen molar-refractivity contribution in [2.45, 2.75) is 16.8 Å². The molecule has 0 saturated carbocycles. The molecule has 2 aromatic rings. The first-order valence-electron chi connectivity index (χ1n) is 5.24. The number of aromatic nitrogens is 2. The second-order valence-electron chi connectivity index (χ2n) is 3.68. The van der Waals surface area contributed by atoms with Gasteiger partial charge in [0.25, 0.3) is 0 Å². The molecule has 0 aliphatic carbocycles. The van der Waals surface area contributed by atoms with E-state index in [-0.39, 0.29) is 11.4 Å². The molecule has 5 nitrogen and oxygen atoms in total. The molecule has 1 aromatic carbocycles. The van der Waals surface area contributed by atoms with Gasteiger partial charge in [0, 0.05) is 11.5 Å². The number of rotatable bonds is 5. The van der Waals surface area contributed by atoms with Gasteiger partial charge in [-0.05, 0) is 23.8 Å². The summed E-state index contributed by atoms with van der Waals surface area (Å²) in [7, 11) is -3.47. The summed E-state index contributed by atoms with van der Waals surface area (Å²) in [5.41, 5.74) is 1.75. The second kappa shape index (κ2) is 5.64. The van der Waals surface area contributed by atoms with Crippen molar-refractivity contribution < 1.29 is 8.42 Å². The average Bonchev–Trinajstić information content (AvgIpc) is 2.90. The lowest BCUT2D eigenvalue weighted by molar-refractivity contribution is 0.580. The molecule has 7 heteroatoms. The van der Waals surface area contributed by atoms with Crippen LogP contribution in [0, 0.1) is 0 Å². The number of benzene rings is 1. The van der Waals surface area contributed by atoms with Crippen LogP contribution in [0.5, 0.6) is 0 Å². The van der Waals surface area contributed by atoms with Gasteiger partial charge in [0.2, 0.25) is 10.0 Å². The maximum atomic E-state index is 12.0. The molecule has 0 unspecified atom stereocenters. The van der Waals surface area contributed by atoms with Crippen LogP contribution < -0.4 is 4.72 Å². The minimum absolute atomic E-state index is 0.197. The number of nitrogens with zero attached hydrogens (tertiary/aromatic N) is 1. The van der Waals surface area contributed by atoms with Crippen LogP contribution in [-0.4, -0.2) is 18.6 Å². The third-order valence-corrected chi connectivity index (χ3v) is 4.46. The number of aromatic amines is 1. The van der Waals surface area contributed by atoms with Crippen molar-refractivity contribution in [2.75, 3.05) is 0 Å². The summed E-state index contributed by atoms with van der Waals surface area (Å²) >= 11 is 3.31. The van der Waals surface area contributed by atoms with Gasteiger partial charge in [-0.15, -0.1) is 0 Å². The van der Waals surface area contributed by atoms with Crippen molar-refractivity contribution in [1.82, 2.24) is 14.9 Å². The van der Waals surface area contributed by atoms with Crippen molar-refractivity contribution in [3.05, 3.63) is 47.8 Å². The Labute approximate surface area is 114 Å². The predicted octanol–water partition coefficient (Wildman–Crippen LogP) is 1.78. The molecule has 0 amide bonds. The van der Waals surface area contributed by atoms with Crippen LogP contribution >= 0.6 is 15.9 Å². The fraction of sp³-hybridized carbons (Fsp3) is 0.182. The summed E-state index contributed by atoms with van der Waals surface area (Å²) in [6.07, 6.45) is 1.58. The van der Waals surface area contributed by atoms with Gasteiger partial charge in [-0.25, -0.2) is 13.1 Å². The molecule has 0 fully saturated rings. The molecule has 18 heavy (non-hydrogen) atoms. The van der Waals surface area contributed by atoms with Crippen LogP contribution in [0.25, 0.3) is 0 Å². The maximum Gasteiger partial charge on any atom is 0.240 e. The quantitative estimate of drug-likeness (QED) is 0.821. The Balaban J connectivity index is 2.09. The van der Waals surface area contributed by atoms with Crippen molar-refractivity contribution in [1.29, 1.82) is 0 Å². The third kappa shape index (κ3) is 3.18. The van der Waals surface area contributed by atoms with Crippen LogP contribution in [-0.2, 0) is 21.9 Å². The van der Waals surface area contributed by atoms with Gasteiger partial charge >= 0.3 is 0 Å². The van der Waals surface area contributed by atoms with Gasteiger partial charge in [-0.2, -0.15) is 5.10 Å². The molecule has 1 aromatic heterocycles. The van der Waals surface area contributed by atoms with E-state index in [2.05, 4.69) is 30.8 Å². The fourth-order valence-electron chi connectivity index (χ4n) is 1.40. The minimum atomic E-state index is -3.47. The van der Waals surface area contributed by atoms with Gasteiger partial charge in [-0.3, -0.25) is 5.10 Å². The second-order valence-corrected chi connectivity index (χ2v) is 6.01. The fourth-order valence-corrected chi connectivity index (χ4v) is 2.78. The lowest BCUT2D eigenvalue weighted by Gasteiger charge is -2.06. The van der Waals surface area contributed by atoms with Crippen LogP contribution in [0.1, 0.15) is 11.3 Å². The van der Waals surface area contributed by atoms with E-state index in [1.165, 1.54) is 0 Å². The van der Waals surface area contributed by atoms with E-state index in [0.29, 0.717) is 5.33 Å². The Morgan fingerprint density at radius 1 is 1.22 bits per heavy atom. The molecular weight excluding hydrogens is 318 g/mol. The maximum absolute atomic E-state index is 12.0. The number of nitrogens with one attached hydrogen (secondary N) is 2. The molecule has 0 aliphatic heterocycles. The van der Waals surface area contributed by atoms with Crippen molar-refractivity contribution in [3.63, 3.8) is 0 Å². The SMILES string of the molecule is O=S(=O)(NCc1ccn[nH]1)c1ccc(CBr)cc1. The molecule has 0 radical (unpaired) electrons. The van der Waals surface area contributed by atoms with Crippen molar-refractivity contribution in [3.8, 4) is 0 Å². The number of halogens is 1. The van der Waals surface area contributed by atoms with E-state index < -0.39 is 10.0 Å². The molecule has 2 rings (SSSR count). The Morgan fingerprint density at radius 3 is 2.50 bits per heavy atom. The smallest absolute Gasteiger partial charge is 0.240 e. The molecule has 0 saturated heterocycles. The predicted molar refractivity (Wildman–Crippen MR) is 71.7 cm³/mol. The molecule has 2 N–H and O–H groups in total. The summed E-state index contributed by atoms with van der Waals surface area (Å²) in [5.74, 6) is 0. The number of hydrogen-bond acceptors (Lipinski definition) is 3.